The van der Waals surface area contributed by atoms with Gasteiger partial charge in [0.1, 0.15) is 0 Å². The average molecular weight is 76.9 g/mol. The van der Waals surface area contributed by atoms with Crippen LogP contribution in [0, 0.1) is 0 Å². The van der Waals surface area contributed by atoms with Gasteiger partial charge in [-0.3, -0.25) is 0 Å². The smallest absolute Gasteiger partial charge is 0.176 e. The van der Waals surface area contributed by atoms with E-state index in [1.54, 1.807) is 0 Å². The van der Waals surface area contributed by atoms with Crippen molar-refractivity contribution in [1.82, 2.24) is 0 Å². The molecule has 0 aliphatic heterocycles. The predicted octanol–water partition coefficient (Wildman–Crippen LogP) is -0.837. The van der Waals surface area contributed by atoms with Crippen LogP contribution in [0.25, 0.3) is 0 Å². The first-order chi connectivity index (χ1) is 2.41. The van der Waals surface area contributed by atoms with Crippen molar-refractivity contribution in [2.45, 2.75) is 0 Å². The lowest BCUT2D eigenvalue weighted by molar-refractivity contribution is 0.368. The number of aliphatic hydroxyl groups excluding tert-OH is 1. The summed E-state index contributed by atoms with van der Waals surface area (Å²) in [5, 5.41) is 7.95. The SMILES string of the molecule is [2H]PBCO. The summed E-state index contributed by atoms with van der Waals surface area (Å²) in [7, 11) is 0.158. The average Bonchev–Trinajstić information content (AvgIpc) is 1.41. The van der Waals surface area contributed by atoms with Crippen molar-refractivity contribution in [2.75, 3.05) is 6.51 Å². The van der Waals surface area contributed by atoms with Crippen LogP contribution in [0.4, 0.5) is 0 Å². The van der Waals surface area contributed by atoms with Crippen LogP contribution in [0.2, 0.25) is 0 Å². The quantitative estimate of drug-likeness (QED) is 0.336. The highest BCUT2D eigenvalue weighted by Gasteiger charge is 1.63. The lowest BCUT2D eigenvalue weighted by Crippen LogP contribution is -1.81. The predicted molar refractivity (Wildman–Crippen MR) is 23.9 cm³/mol. The van der Waals surface area contributed by atoms with Crippen LogP contribution >= 0.6 is 9.06 Å². The molecule has 1 nitrogen and oxygen atoms in total. The fourth-order valence-electron chi connectivity index (χ4n) is 0. The lowest BCUT2D eigenvalue weighted by atomic mass is 10.2. The maximum atomic E-state index is 7.95. The van der Waals surface area contributed by atoms with Crippen LogP contribution in [0.5, 0.6) is 0 Å². The van der Waals surface area contributed by atoms with Crippen molar-refractivity contribution in [2.24, 2.45) is 0 Å². The minimum Gasteiger partial charge on any atom is -0.404 e. The molecule has 0 fully saturated rings. The van der Waals surface area contributed by atoms with E-state index in [1.807, 2.05) is 0 Å². The zero-order chi connectivity index (χ0) is 4.12. The molecular weight excluding hydrogens is 69.8 g/mol. The zero-order valence-corrected chi connectivity index (χ0v) is 3.36. The second kappa shape index (κ2) is 3.45. The monoisotopic (exact) mass is 77.0 g/mol. The van der Waals surface area contributed by atoms with Gasteiger partial charge >= 0.3 is 0 Å². The second-order valence-corrected chi connectivity index (χ2v) is 0.974. The van der Waals surface area contributed by atoms with Gasteiger partial charge in [-0.05, 0) is 0 Å². The molecule has 0 aliphatic carbocycles. The third-order valence-electron chi connectivity index (χ3n) is 0.112. The van der Waals surface area contributed by atoms with Gasteiger partial charge in [-0.15, -0.1) is 0 Å². The lowest BCUT2D eigenvalue weighted by Gasteiger charge is -1.65. The molecule has 0 saturated heterocycles. The van der Waals surface area contributed by atoms with Gasteiger partial charge in [-0.25, -0.2) is 0 Å². The van der Waals surface area contributed by atoms with Crippen molar-refractivity contribution < 1.29 is 5.11 Å². The van der Waals surface area contributed by atoms with Crippen LogP contribution in [-0.2, 0) is 0 Å². The first-order valence-electron chi connectivity index (χ1n) is 1.67. The van der Waals surface area contributed by atoms with Crippen LogP contribution in [0.1, 0.15) is 0 Å². The van der Waals surface area contributed by atoms with E-state index in [0.717, 1.165) is 0 Å². The van der Waals surface area contributed by atoms with Gasteiger partial charge in [0.25, 0.3) is 0 Å². The molecule has 1 unspecified atom stereocenters. The first-order valence-corrected chi connectivity index (χ1v) is 1.88. The number of rotatable bonds is 2. The topological polar surface area (TPSA) is 20.2 Å². The Morgan fingerprint density at radius 3 is 3.25 bits per heavy atom. The van der Waals surface area contributed by atoms with E-state index in [1.165, 1.54) is 0 Å². The Balaban J connectivity index is 2.19. The van der Waals surface area contributed by atoms with E-state index >= 15 is 0 Å². The van der Waals surface area contributed by atoms with Gasteiger partial charge in [0.15, 0.2) is 7.00 Å². The maximum Gasteiger partial charge on any atom is 0.176 e. The molecule has 0 radical (unpaired) electrons. The number of hydrogen-bond acceptors (Lipinski definition) is 1. The summed E-state index contributed by atoms with van der Waals surface area (Å²) < 4.78 is 6.47. The highest BCUT2D eigenvalue weighted by molar-refractivity contribution is 7.55. The van der Waals surface area contributed by atoms with E-state index in [9.17, 15) is 0 Å². The summed E-state index contributed by atoms with van der Waals surface area (Å²) in [6.07, 6.45) is 0. The third-order valence-corrected chi connectivity index (χ3v) is 0.335. The largest absolute Gasteiger partial charge is 0.404 e. The highest BCUT2D eigenvalue weighted by Crippen LogP contribution is 1.65. The first kappa shape index (κ1) is 2.68. The summed E-state index contributed by atoms with van der Waals surface area (Å²) in [4.78, 5) is 0. The molecule has 0 spiro atoms. The van der Waals surface area contributed by atoms with Crippen LogP contribution < -0.4 is 0 Å². The normalized spacial score (nSPS) is 12.8. The Hall–Kier alpha value is 0.455. The van der Waals surface area contributed by atoms with Crippen molar-refractivity contribution >= 4 is 16.1 Å². The van der Waals surface area contributed by atoms with E-state index in [-0.39, 0.29) is 15.6 Å². The van der Waals surface area contributed by atoms with Crippen molar-refractivity contribution in [1.29, 1.82) is 1.28 Å². The molecule has 0 saturated carbocycles. The molecule has 24 valence electrons. The molecule has 1 atom stereocenters. The molecule has 0 heterocycles. The van der Waals surface area contributed by atoms with E-state index < -0.39 is 0 Å². The molecular formula is CH6BOP. The van der Waals surface area contributed by atoms with Crippen LogP contribution in [0.15, 0.2) is 0 Å². The number of aliphatic hydroxyl groups is 1. The van der Waals surface area contributed by atoms with Gasteiger partial charge in [-0.1, -0.05) is 0 Å². The fraction of sp³-hybridized carbons (Fsp3) is 1.00. The summed E-state index contributed by atoms with van der Waals surface area (Å²) >= 11 is 0. The van der Waals surface area contributed by atoms with Gasteiger partial charge in [0.05, 0.1) is 0 Å². The molecule has 4 heavy (non-hydrogen) atoms. The molecule has 3 heteroatoms. The summed E-state index contributed by atoms with van der Waals surface area (Å²) in [6.45, 7) is 0.807. The summed E-state index contributed by atoms with van der Waals surface area (Å²) in [5.41, 5.74) is 0. The number of hydrogen-bond donors (Lipinski definition) is 1. The molecule has 0 rings (SSSR count). The highest BCUT2D eigenvalue weighted by atomic mass is 31.0. The van der Waals surface area contributed by atoms with E-state index in [4.69, 9.17) is 6.39 Å². The summed E-state index contributed by atoms with van der Waals surface area (Å²) in [5.74, 6) is 0. The maximum absolute atomic E-state index is 7.95. The third kappa shape index (κ3) is 2.45. The van der Waals surface area contributed by atoms with Crippen LogP contribution in [0.3, 0.4) is 0 Å². The van der Waals surface area contributed by atoms with Gasteiger partial charge < -0.3 is 5.11 Å². The Morgan fingerprint density at radius 1 is 2.50 bits per heavy atom. The molecule has 0 amide bonds. The Morgan fingerprint density at radius 2 is 3.25 bits per heavy atom. The zero-order valence-electron chi connectivity index (χ0n) is 3.36. The Labute approximate surface area is 30.1 Å². The Kier molecular flexibility index (Phi) is 2.31. The molecule has 1 N–H and O–H groups in total. The standard InChI is InChI=1S/CH6BOP/c3-1-2-4/h2-3H,1,4H2/i4D. The molecule has 0 bridgehead atoms. The molecule has 0 aromatic heterocycles. The fourth-order valence-corrected chi connectivity index (χ4v) is 0. The van der Waals surface area contributed by atoms with Gasteiger partial charge in [0, 0.05) is 7.78 Å². The van der Waals surface area contributed by atoms with Crippen molar-refractivity contribution in [3.05, 3.63) is 0 Å². The van der Waals surface area contributed by atoms with E-state index in [2.05, 4.69) is 0 Å². The van der Waals surface area contributed by atoms with E-state index in [0.29, 0.717) is 7.00 Å². The minimum atomic E-state index is 0.158. The minimum absolute atomic E-state index is 0.158. The molecule has 0 aromatic carbocycles. The molecule has 0 aliphatic rings. The summed E-state index contributed by atoms with van der Waals surface area (Å²) in [6, 6.07) is 0. The van der Waals surface area contributed by atoms with Gasteiger partial charge in [0.2, 0.25) is 0 Å². The van der Waals surface area contributed by atoms with Crippen LogP contribution in [-0.4, -0.2) is 19.9 Å². The van der Waals surface area contributed by atoms with Crippen molar-refractivity contribution in [3.63, 3.8) is 0 Å². The van der Waals surface area contributed by atoms with Crippen molar-refractivity contribution in [3.8, 4) is 0 Å². The molecule has 0 aromatic rings. The second-order valence-electron chi connectivity index (χ2n) is 0.474. The Bertz CT molecular complexity index is 19.1. The van der Waals surface area contributed by atoms with Gasteiger partial charge in [-0.2, -0.15) is 9.06 Å².